The molecule has 3 heteroatoms. The predicted molar refractivity (Wildman–Crippen MR) is 64.2 cm³/mol. The summed E-state index contributed by atoms with van der Waals surface area (Å²) < 4.78 is 10.6. The number of nitrogens with one attached hydrogen (secondary N) is 1. The molecule has 0 aliphatic heterocycles. The molecule has 0 spiro atoms. The molecule has 0 aliphatic carbocycles. The minimum atomic E-state index is 0.349. The zero-order valence-electron chi connectivity index (χ0n) is 10.7. The Bertz CT molecular complexity index is 129. The molecule has 15 heavy (non-hydrogen) atoms. The zero-order valence-corrected chi connectivity index (χ0v) is 10.7. The fourth-order valence-electron chi connectivity index (χ4n) is 1.27. The maximum Gasteiger partial charge on any atom is 0.0559 e. The van der Waals surface area contributed by atoms with E-state index in [1.54, 1.807) is 7.11 Å². The second-order valence-corrected chi connectivity index (χ2v) is 4.41. The molecule has 0 amide bonds. The van der Waals surface area contributed by atoms with Crippen LogP contribution >= 0.6 is 0 Å². The van der Waals surface area contributed by atoms with Gasteiger partial charge in [-0.05, 0) is 38.8 Å². The Labute approximate surface area is 94.5 Å². The van der Waals surface area contributed by atoms with Gasteiger partial charge in [-0.2, -0.15) is 0 Å². The van der Waals surface area contributed by atoms with E-state index in [9.17, 15) is 0 Å². The van der Waals surface area contributed by atoms with E-state index in [0.29, 0.717) is 6.10 Å². The topological polar surface area (TPSA) is 30.5 Å². The van der Waals surface area contributed by atoms with Crippen molar-refractivity contribution in [1.29, 1.82) is 0 Å². The summed E-state index contributed by atoms with van der Waals surface area (Å²) in [6, 6.07) is 0. The summed E-state index contributed by atoms with van der Waals surface area (Å²) in [5, 5.41) is 3.41. The lowest BCUT2D eigenvalue weighted by Crippen LogP contribution is -2.24. The SMILES string of the molecule is COCCCOC(C)CCNCC(C)C. The lowest BCUT2D eigenvalue weighted by Gasteiger charge is -2.14. The molecule has 92 valence electrons. The molecule has 0 heterocycles. The van der Waals surface area contributed by atoms with Gasteiger partial charge in [0.15, 0.2) is 0 Å². The largest absolute Gasteiger partial charge is 0.385 e. The van der Waals surface area contributed by atoms with Gasteiger partial charge in [0, 0.05) is 20.3 Å². The summed E-state index contributed by atoms with van der Waals surface area (Å²) in [4.78, 5) is 0. The monoisotopic (exact) mass is 217 g/mol. The van der Waals surface area contributed by atoms with Crippen molar-refractivity contribution >= 4 is 0 Å². The van der Waals surface area contributed by atoms with Crippen LogP contribution < -0.4 is 5.32 Å². The Morgan fingerprint density at radius 2 is 1.87 bits per heavy atom. The third-order valence-electron chi connectivity index (χ3n) is 2.18. The number of hydrogen-bond acceptors (Lipinski definition) is 3. The molecule has 0 aromatic carbocycles. The zero-order chi connectivity index (χ0) is 11.5. The highest BCUT2D eigenvalue weighted by Crippen LogP contribution is 1.98. The van der Waals surface area contributed by atoms with E-state index in [4.69, 9.17) is 9.47 Å². The molecule has 0 bridgehead atoms. The molecule has 1 atom stereocenters. The van der Waals surface area contributed by atoms with Crippen LogP contribution in [-0.2, 0) is 9.47 Å². The van der Waals surface area contributed by atoms with E-state index in [2.05, 4.69) is 26.1 Å². The molecule has 0 aliphatic rings. The first-order valence-corrected chi connectivity index (χ1v) is 5.98. The van der Waals surface area contributed by atoms with E-state index in [1.165, 1.54) is 0 Å². The lowest BCUT2D eigenvalue weighted by atomic mass is 10.2. The summed E-state index contributed by atoms with van der Waals surface area (Å²) in [5.74, 6) is 0.725. The number of rotatable bonds is 10. The van der Waals surface area contributed by atoms with Crippen LogP contribution in [0.1, 0.15) is 33.6 Å². The molecule has 0 saturated heterocycles. The van der Waals surface area contributed by atoms with Gasteiger partial charge < -0.3 is 14.8 Å². The standard InChI is InChI=1S/C12H27NO2/c1-11(2)10-13-7-6-12(3)15-9-5-8-14-4/h11-13H,5-10H2,1-4H3. The lowest BCUT2D eigenvalue weighted by molar-refractivity contribution is 0.0457. The summed E-state index contributed by atoms with van der Waals surface area (Å²) in [6.07, 6.45) is 2.42. The van der Waals surface area contributed by atoms with E-state index in [1.807, 2.05) is 0 Å². The highest BCUT2D eigenvalue weighted by molar-refractivity contribution is 4.56. The molecular weight excluding hydrogens is 190 g/mol. The van der Waals surface area contributed by atoms with Crippen LogP contribution in [0.2, 0.25) is 0 Å². The van der Waals surface area contributed by atoms with Gasteiger partial charge in [0.25, 0.3) is 0 Å². The normalized spacial score (nSPS) is 13.4. The Kier molecular flexibility index (Phi) is 10.3. The highest BCUT2D eigenvalue weighted by Gasteiger charge is 2.01. The predicted octanol–water partition coefficient (Wildman–Crippen LogP) is 2.06. The Morgan fingerprint density at radius 3 is 2.47 bits per heavy atom. The van der Waals surface area contributed by atoms with Crippen LogP contribution in [0.3, 0.4) is 0 Å². The second kappa shape index (κ2) is 10.4. The Hall–Kier alpha value is -0.120. The van der Waals surface area contributed by atoms with Gasteiger partial charge in [0.1, 0.15) is 0 Å². The average Bonchev–Trinajstić information content (AvgIpc) is 2.19. The smallest absolute Gasteiger partial charge is 0.0559 e. The van der Waals surface area contributed by atoms with Gasteiger partial charge >= 0.3 is 0 Å². The molecule has 0 aromatic heterocycles. The number of hydrogen-bond donors (Lipinski definition) is 1. The first-order chi connectivity index (χ1) is 7.16. The highest BCUT2D eigenvalue weighted by atomic mass is 16.5. The fraction of sp³-hybridized carbons (Fsp3) is 1.00. The van der Waals surface area contributed by atoms with Crippen molar-refractivity contribution in [2.45, 2.75) is 39.7 Å². The fourth-order valence-corrected chi connectivity index (χ4v) is 1.27. The van der Waals surface area contributed by atoms with Crippen molar-refractivity contribution < 1.29 is 9.47 Å². The van der Waals surface area contributed by atoms with Crippen LogP contribution in [0.4, 0.5) is 0 Å². The van der Waals surface area contributed by atoms with E-state index >= 15 is 0 Å². The van der Waals surface area contributed by atoms with Gasteiger partial charge in [-0.3, -0.25) is 0 Å². The molecular formula is C12H27NO2. The van der Waals surface area contributed by atoms with Crippen molar-refractivity contribution in [2.24, 2.45) is 5.92 Å². The van der Waals surface area contributed by atoms with Gasteiger partial charge in [-0.1, -0.05) is 13.8 Å². The van der Waals surface area contributed by atoms with Gasteiger partial charge in [-0.25, -0.2) is 0 Å². The second-order valence-electron chi connectivity index (χ2n) is 4.41. The van der Waals surface area contributed by atoms with E-state index in [-0.39, 0.29) is 0 Å². The number of methoxy groups -OCH3 is 1. The molecule has 3 nitrogen and oxygen atoms in total. The minimum Gasteiger partial charge on any atom is -0.385 e. The van der Waals surface area contributed by atoms with Crippen molar-refractivity contribution in [3.63, 3.8) is 0 Å². The van der Waals surface area contributed by atoms with Crippen molar-refractivity contribution in [2.75, 3.05) is 33.4 Å². The summed E-state index contributed by atoms with van der Waals surface area (Å²) >= 11 is 0. The van der Waals surface area contributed by atoms with Crippen LogP contribution in [0.5, 0.6) is 0 Å². The quantitative estimate of drug-likeness (QED) is 0.568. The van der Waals surface area contributed by atoms with E-state index in [0.717, 1.165) is 45.1 Å². The molecule has 0 rings (SSSR count). The van der Waals surface area contributed by atoms with Crippen molar-refractivity contribution in [1.82, 2.24) is 5.32 Å². The summed E-state index contributed by atoms with van der Waals surface area (Å²) in [7, 11) is 1.72. The van der Waals surface area contributed by atoms with Gasteiger partial charge in [0.2, 0.25) is 0 Å². The maximum absolute atomic E-state index is 5.63. The third kappa shape index (κ3) is 11.8. The molecule has 0 saturated carbocycles. The Morgan fingerprint density at radius 1 is 1.13 bits per heavy atom. The Balaban J connectivity index is 3.15. The third-order valence-corrected chi connectivity index (χ3v) is 2.18. The molecule has 0 aromatic rings. The van der Waals surface area contributed by atoms with E-state index < -0.39 is 0 Å². The van der Waals surface area contributed by atoms with Crippen LogP contribution in [0.25, 0.3) is 0 Å². The first kappa shape index (κ1) is 14.9. The molecule has 0 radical (unpaired) electrons. The van der Waals surface area contributed by atoms with Crippen LogP contribution in [-0.4, -0.2) is 39.5 Å². The first-order valence-electron chi connectivity index (χ1n) is 5.98. The van der Waals surface area contributed by atoms with Crippen molar-refractivity contribution in [3.8, 4) is 0 Å². The van der Waals surface area contributed by atoms with Crippen LogP contribution in [0.15, 0.2) is 0 Å². The molecule has 0 fully saturated rings. The van der Waals surface area contributed by atoms with Gasteiger partial charge in [-0.15, -0.1) is 0 Å². The molecule has 1 N–H and O–H groups in total. The van der Waals surface area contributed by atoms with Gasteiger partial charge in [0.05, 0.1) is 6.10 Å². The summed E-state index contributed by atoms with van der Waals surface area (Å²) in [5.41, 5.74) is 0. The minimum absolute atomic E-state index is 0.349. The summed E-state index contributed by atoms with van der Waals surface area (Å²) in [6.45, 7) is 10.3. The van der Waals surface area contributed by atoms with Crippen molar-refractivity contribution in [3.05, 3.63) is 0 Å². The maximum atomic E-state index is 5.63. The number of ether oxygens (including phenoxy) is 2. The average molecular weight is 217 g/mol. The van der Waals surface area contributed by atoms with Crippen LogP contribution in [0, 0.1) is 5.92 Å². The molecule has 1 unspecified atom stereocenters.